The van der Waals surface area contributed by atoms with Crippen molar-refractivity contribution < 1.29 is 14.6 Å². The fourth-order valence-electron chi connectivity index (χ4n) is 4.17. The Morgan fingerprint density at radius 1 is 0.935 bits per heavy atom. The number of methoxy groups -OCH3 is 2. The van der Waals surface area contributed by atoms with Crippen molar-refractivity contribution in [1.82, 2.24) is 15.0 Å². The van der Waals surface area contributed by atoms with Crippen LogP contribution in [0, 0.1) is 0 Å². The molecule has 0 bridgehead atoms. The molecule has 7 nitrogen and oxygen atoms in total. The minimum absolute atomic E-state index is 0.382. The van der Waals surface area contributed by atoms with Crippen LogP contribution in [-0.4, -0.2) is 40.8 Å². The van der Waals surface area contributed by atoms with E-state index in [0.29, 0.717) is 30.4 Å². The zero-order valence-corrected chi connectivity index (χ0v) is 17.3. The largest absolute Gasteiger partial charge is 0.496 e. The van der Waals surface area contributed by atoms with Gasteiger partial charge in [-0.05, 0) is 36.4 Å². The average Bonchev–Trinajstić information content (AvgIpc) is 2.83. The molecule has 0 radical (unpaired) electrons. The monoisotopic (exact) mass is 414 g/mol. The van der Waals surface area contributed by atoms with Crippen molar-refractivity contribution in [2.24, 2.45) is 0 Å². The number of benzene rings is 2. The van der Waals surface area contributed by atoms with Crippen molar-refractivity contribution in [3.8, 4) is 22.9 Å². The molecule has 31 heavy (non-hydrogen) atoms. The van der Waals surface area contributed by atoms with Gasteiger partial charge in [0, 0.05) is 41.0 Å². The van der Waals surface area contributed by atoms with Gasteiger partial charge in [-0.25, -0.2) is 9.97 Å². The van der Waals surface area contributed by atoms with E-state index in [1.807, 2.05) is 48.5 Å². The molecule has 1 atom stereocenters. The Labute approximate surface area is 179 Å². The van der Waals surface area contributed by atoms with Gasteiger partial charge in [0.1, 0.15) is 23.4 Å². The third kappa shape index (κ3) is 3.33. The first kappa shape index (κ1) is 19.3. The number of para-hydroxylation sites is 1. The smallest absolute Gasteiger partial charge is 0.162 e. The summed E-state index contributed by atoms with van der Waals surface area (Å²) in [6, 6.07) is 15.4. The molecule has 0 spiro atoms. The minimum atomic E-state index is -0.744. The number of ether oxygens (including phenoxy) is 2. The van der Waals surface area contributed by atoms with Gasteiger partial charge in [-0.15, -0.1) is 0 Å². The Kier molecular flexibility index (Phi) is 4.88. The lowest BCUT2D eigenvalue weighted by atomic mass is 9.95. The quantitative estimate of drug-likeness (QED) is 0.544. The number of hydrogen-bond acceptors (Lipinski definition) is 7. The lowest BCUT2D eigenvalue weighted by molar-refractivity contribution is 0.169. The van der Waals surface area contributed by atoms with Crippen LogP contribution in [0.15, 0.2) is 60.9 Å². The van der Waals surface area contributed by atoms with E-state index in [2.05, 4.69) is 9.88 Å². The first-order chi connectivity index (χ1) is 15.2. The van der Waals surface area contributed by atoms with E-state index in [1.165, 1.54) is 0 Å². The number of hydrogen-bond donors (Lipinski definition) is 1. The molecule has 0 amide bonds. The number of aromatic nitrogens is 3. The average molecular weight is 414 g/mol. The van der Waals surface area contributed by atoms with Gasteiger partial charge in [0.05, 0.1) is 26.3 Å². The fraction of sp³-hybridized carbons (Fsp3) is 0.208. The molecule has 1 aliphatic rings. The van der Waals surface area contributed by atoms with Crippen LogP contribution < -0.4 is 14.4 Å². The van der Waals surface area contributed by atoms with E-state index < -0.39 is 6.10 Å². The van der Waals surface area contributed by atoms with Crippen LogP contribution in [0.1, 0.15) is 17.2 Å². The molecular formula is C24H22N4O3. The number of nitrogens with zero attached hydrogens (tertiary/aromatic N) is 4. The molecule has 4 aromatic rings. The van der Waals surface area contributed by atoms with Crippen LogP contribution in [0.25, 0.3) is 22.3 Å². The van der Waals surface area contributed by atoms with Crippen LogP contribution in [0.4, 0.5) is 5.82 Å². The van der Waals surface area contributed by atoms with Gasteiger partial charge in [-0.3, -0.25) is 4.98 Å². The molecule has 0 aliphatic carbocycles. The summed E-state index contributed by atoms with van der Waals surface area (Å²) in [7, 11) is 3.25. The van der Waals surface area contributed by atoms with E-state index in [9.17, 15) is 5.11 Å². The Morgan fingerprint density at radius 2 is 1.68 bits per heavy atom. The van der Waals surface area contributed by atoms with Crippen molar-refractivity contribution in [2.75, 3.05) is 25.7 Å². The first-order valence-electron chi connectivity index (χ1n) is 10.0. The highest BCUT2D eigenvalue weighted by Crippen LogP contribution is 2.41. The standard InChI is InChI=1S/C24H22N4O3/c1-30-20-7-8-21(31-2)22-17(20)13-28(14-19(22)29)24-16-5-3-4-6-18(16)26-23(27-24)15-9-11-25-12-10-15/h3-12,19,29H,13-14H2,1-2H3/t19-/m1/s1. The van der Waals surface area contributed by atoms with Gasteiger partial charge in [-0.1, -0.05) is 12.1 Å². The Balaban J connectivity index is 1.67. The van der Waals surface area contributed by atoms with Gasteiger partial charge < -0.3 is 19.5 Å². The Bertz CT molecular complexity index is 1250. The van der Waals surface area contributed by atoms with Crippen molar-refractivity contribution >= 4 is 16.7 Å². The van der Waals surface area contributed by atoms with Gasteiger partial charge in [0.25, 0.3) is 0 Å². The highest BCUT2D eigenvalue weighted by Gasteiger charge is 2.31. The van der Waals surface area contributed by atoms with Crippen molar-refractivity contribution in [3.63, 3.8) is 0 Å². The second kappa shape index (κ2) is 7.85. The van der Waals surface area contributed by atoms with Crippen LogP contribution in [-0.2, 0) is 6.54 Å². The van der Waals surface area contributed by atoms with E-state index in [-0.39, 0.29) is 0 Å². The fourth-order valence-corrected chi connectivity index (χ4v) is 4.17. The number of aliphatic hydroxyl groups excluding tert-OH is 1. The van der Waals surface area contributed by atoms with E-state index in [4.69, 9.17) is 19.4 Å². The maximum Gasteiger partial charge on any atom is 0.162 e. The van der Waals surface area contributed by atoms with E-state index in [1.54, 1.807) is 26.6 Å². The Hall–Kier alpha value is -3.71. The first-order valence-corrected chi connectivity index (χ1v) is 10.0. The third-order valence-corrected chi connectivity index (χ3v) is 5.61. The number of rotatable bonds is 4. The molecule has 5 rings (SSSR count). The molecule has 156 valence electrons. The number of aliphatic hydroxyl groups is 1. The number of β-amino-alcohol motifs (C(OH)–C–C–N with tert-alkyl or cyclic N) is 1. The molecule has 1 N–H and O–H groups in total. The predicted octanol–water partition coefficient (Wildman–Crippen LogP) is 3.76. The van der Waals surface area contributed by atoms with Gasteiger partial charge in [0.2, 0.25) is 0 Å². The number of pyridine rings is 1. The Morgan fingerprint density at radius 3 is 2.45 bits per heavy atom. The molecule has 2 aromatic heterocycles. The van der Waals surface area contributed by atoms with Gasteiger partial charge in [0.15, 0.2) is 5.82 Å². The molecule has 0 saturated heterocycles. The second-order valence-electron chi connectivity index (χ2n) is 7.38. The van der Waals surface area contributed by atoms with Crippen LogP contribution in [0.3, 0.4) is 0 Å². The number of fused-ring (bicyclic) bond motifs is 2. The maximum absolute atomic E-state index is 11.1. The second-order valence-corrected chi connectivity index (χ2v) is 7.38. The lowest BCUT2D eigenvalue weighted by Gasteiger charge is -2.35. The van der Waals surface area contributed by atoms with Crippen LogP contribution in [0.5, 0.6) is 11.5 Å². The molecular weight excluding hydrogens is 392 g/mol. The van der Waals surface area contributed by atoms with Crippen molar-refractivity contribution in [3.05, 3.63) is 72.1 Å². The summed E-state index contributed by atoms with van der Waals surface area (Å²) in [4.78, 5) is 15.8. The zero-order valence-electron chi connectivity index (χ0n) is 17.3. The molecule has 0 fully saturated rings. The molecule has 7 heteroatoms. The molecule has 1 aliphatic heterocycles. The maximum atomic E-state index is 11.1. The third-order valence-electron chi connectivity index (χ3n) is 5.61. The summed E-state index contributed by atoms with van der Waals surface area (Å²) >= 11 is 0. The van der Waals surface area contributed by atoms with Crippen molar-refractivity contribution in [2.45, 2.75) is 12.6 Å². The predicted molar refractivity (Wildman–Crippen MR) is 118 cm³/mol. The van der Waals surface area contributed by atoms with Gasteiger partial charge >= 0.3 is 0 Å². The van der Waals surface area contributed by atoms with E-state index in [0.717, 1.165) is 33.4 Å². The summed E-state index contributed by atoms with van der Waals surface area (Å²) in [6.07, 6.45) is 2.71. The number of anilines is 1. The topological polar surface area (TPSA) is 80.6 Å². The van der Waals surface area contributed by atoms with E-state index >= 15 is 0 Å². The summed E-state index contributed by atoms with van der Waals surface area (Å²) in [6.45, 7) is 0.914. The zero-order chi connectivity index (χ0) is 21.4. The highest BCUT2D eigenvalue weighted by atomic mass is 16.5. The van der Waals surface area contributed by atoms with Crippen molar-refractivity contribution in [1.29, 1.82) is 0 Å². The van der Waals surface area contributed by atoms with Crippen LogP contribution in [0.2, 0.25) is 0 Å². The summed E-state index contributed by atoms with van der Waals surface area (Å²) < 4.78 is 11.1. The lowest BCUT2D eigenvalue weighted by Crippen LogP contribution is -2.35. The summed E-state index contributed by atoms with van der Waals surface area (Å²) in [5.74, 6) is 2.77. The molecule has 3 heterocycles. The summed E-state index contributed by atoms with van der Waals surface area (Å²) in [5.41, 5.74) is 3.40. The van der Waals surface area contributed by atoms with Crippen LogP contribution >= 0.6 is 0 Å². The molecule has 0 saturated carbocycles. The van der Waals surface area contributed by atoms with Gasteiger partial charge in [-0.2, -0.15) is 0 Å². The highest BCUT2D eigenvalue weighted by molar-refractivity contribution is 5.91. The normalized spacial score (nSPS) is 15.6. The molecule has 2 aromatic carbocycles. The molecule has 0 unspecified atom stereocenters. The summed E-state index contributed by atoms with van der Waals surface area (Å²) in [5, 5.41) is 12.0. The SMILES string of the molecule is COc1ccc(OC)c2c1CN(c1nc(-c3ccncc3)nc3ccccc13)C[C@H]2O. The minimum Gasteiger partial charge on any atom is -0.496 e.